The van der Waals surface area contributed by atoms with Crippen LogP contribution in [0.3, 0.4) is 0 Å². The van der Waals surface area contributed by atoms with Crippen LogP contribution in [0.15, 0.2) is 90.2 Å². The maximum atomic E-state index is 12.6. The molecule has 0 saturated heterocycles. The van der Waals surface area contributed by atoms with Crippen LogP contribution in [0.25, 0.3) is 10.9 Å². The van der Waals surface area contributed by atoms with Gasteiger partial charge in [-0.1, -0.05) is 48.6 Å². The van der Waals surface area contributed by atoms with E-state index in [2.05, 4.69) is 11.1 Å². The van der Waals surface area contributed by atoms with E-state index < -0.39 is 10.0 Å². The lowest BCUT2D eigenvalue weighted by Crippen LogP contribution is -2.22. The number of H-pyrrole nitrogens is 1. The topological polar surface area (TPSA) is 53.2 Å². The highest BCUT2D eigenvalue weighted by molar-refractivity contribution is 7.89. The van der Waals surface area contributed by atoms with Gasteiger partial charge >= 0.3 is 0 Å². The summed E-state index contributed by atoms with van der Waals surface area (Å²) < 4.78 is 26.5. The fourth-order valence-electron chi connectivity index (χ4n) is 2.92. The van der Waals surface area contributed by atoms with Crippen LogP contribution in [0.1, 0.15) is 11.5 Å². The Kier molecular flexibility index (Phi) is 3.50. The summed E-state index contributed by atoms with van der Waals surface area (Å²) in [5.74, 6) is 0.0448. The van der Waals surface area contributed by atoms with Gasteiger partial charge in [0.2, 0.25) is 0 Å². The van der Waals surface area contributed by atoms with E-state index >= 15 is 0 Å². The minimum absolute atomic E-state index is 0.0448. The largest absolute Gasteiger partial charge is 0.361 e. The molecule has 2 aromatic carbocycles. The van der Waals surface area contributed by atoms with E-state index in [9.17, 15) is 8.42 Å². The second kappa shape index (κ2) is 5.69. The van der Waals surface area contributed by atoms with Crippen LogP contribution in [0.2, 0.25) is 0 Å². The van der Waals surface area contributed by atoms with E-state index in [4.69, 9.17) is 0 Å². The number of aromatic nitrogens is 1. The molecule has 0 atom stereocenters. The van der Waals surface area contributed by atoms with Gasteiger partial charge in [-0.2, -0.15) is 0 Å². The molecule has 1 aromatic heterocycles. The fraction of sp³-hybridized carbons (Fsp3) is 0.0526. The zero-order chi connectivity index (χ0) is 16.6. The van der Waals surface area contributed by atoms with Crippen molar-refractivity contribution in [1.29, 1.82) is 0 Å². The molecule has 0 unspecified atom stereocenters. The van der Waals surface area contributed by atoms with E-state index in [0.29, 0.717) is 0 Å². The Hall–Kier alpha value is -2.79. The molecule has 5 heteroatoms. The Morgan fingerprint density at radius 2 is 1.54 bits per heavy atom. The van der Waals surface area contributed by atoms with Gasteiger partial charge in [-0.3, -0.25) is 0 Å². The summed E-state index contributed by atoms with van der Waals surface area (Å²) in [4.78, 5) is 3.54. The third-order valence-electron chi connectivity index (χ3n) is 4.18. The Bertz CT molecular complexity index is 1020. The lowest BCUT2D eigenvalue weighted by Gasteiger charge is -2.21. The number of nitrogens with zero attached hydrogens (tertiary/aromatic N) is 1. The summed E-state index contributed by atoms with van der Waals surface area (Å²) >= 11 is 0. The van der Waals surface area contributed by atoms with Gasteiger partial charge in [-0.15, -0.1) is 0 Å². The first-order valence-corrected chi connectivity index (χ1v) is 9.11. The standard InChI is InChI=1S/C19H16N2O2S/c22-24(23,16-6-2-1-3-7-16)21-12-10-15(11-13-21)18-14-20-19-9-5-4-8-17(18)19/h1-15,20H. The Morgan fingerprint density at radius 1 is 0.875 bits per heavy atom. The Morgan fingerprint density at radius 3 is 2.29 bits per heavy atom. The van der Waals surface area contributed by atoms with Crippen LogP contribution in [0.5, 0.6) is 0 Å². The first-order valence-electron chi connectivity index (χ1n) is 7.67. The van der Waals surface area contributed by atoms with Gasteiger partial charge in [0.15, 0.2) is 0 Å². The smallest absolute Gasteiger partial charge is 0.267 e. The molecule has 4 rings (SSSR count). The van der Waals surface area contributed by atoms with Gasteiger partial charge < -0.3 is 4.98 Å². The summed E-state index contributed by atoms with van der Waals surface area (Å²) in [6.07, 6.45) is 9.02. The highest BCUT2D eigenvalue weighted by Crippen LogP contribution is 2.30. The molecule has 0 amide bonds. The van der Waals surface area contributed by atoms with Crippen molar-refractivity contribution in [1.82, 2.24) is 9.29 Å². The summed E-state index contributed by atoms with van der Waals surface area (Å²) in [5.41, 5.74) is 2.21. The van der Waals surface area contributed by atoms with Crippen molar-refractivity contribution in [2.45, 2.75) is 10.8 Å². The number of allylic oxidation sites excluding steroid dienone is 2. The second-order valence-corrected chi connectivity index (χ2v) is 7.49. The van der Waals surface area contributed by atoms with Crippen LogP contribution in [-0.4, -0.2) is 17.7 Å². The van der Waals surface area contributed by atoms with Gasteiger partial charge in [-0.05, 0) is 23.8 Å². The molecular weight excluding hydrogens is 320 g/mol. The zero-order valence-electron chi connectivity index (χ0n) is 12.8. The summed E-state index contributed by atoms with van der Waals surface area (Å²) in [7, 11) is -3.54. The Balaban J connectivity index is 1.64. The molecule has 3 aromatic rings. The molecule has 120 valence electrons. The van der Waals surface area contributed by atoms with Crippen LogP contribution in [-0.2, 0) is 10.0 Å². The third kappa shape index (κ3) is 2.43. The van der Waals surface area contributed by atoms with Gasteiger partial charge in [0, 0.05) is 35.4 Å². The van der Waals surface area contributed by atoms with E-state index in [1.807, 2.05) is 36.5 Å². The fourth-order valence-corrected chi connectivity index (χ4v) is 4.13. The highest BCUT2D eigenvalue weighted by atomic mass is 32.2. The first-order chi connectivity index (χ1) is 11.7. The molecule has 0 aliphatic carbocycles. The van der Waals surface area contributed by atoms with E-state index in [1.54, 1.807) is 42.7 Å². The van der Waals surface area contributed by atoms with Gasteiger partial charge in [0.1, 0.15) is 0 Å². The molecule has 1 N–H and O–H groups in total. The van der Waals surface area contributed by atoms with Crippen LogP contribution in [0, 0.1) is 0 Å². The molecule has 2 heterocycles. The van der Waals surface area contributed by atoms with Crippen molar-refractivity contribution < 1.29 is 8.42 Å². The molecule has 0 saturated carbocycles. The van der Waals surface area contributed by atoms with Crippen molar-refractivity contribution in [3.63, 3.8) is 0 Å². The maximum absolute atomic E-state index is 12.6. The second-order valence-electron chi connectivity index (χ2n) is 5.65. The number of sulfonamides is 1. The van der Waals surface area contributed by atoms with E-state index in [0.717, 1.165) is 16.5 Å². The molecule has 0 bridgehead atoms. The molecule has 0 spiro atoms. The van der Waals surface area contributed by atoms with Crippen molar-refractivity contribution in [2.24, 2.45) is 0 Å². The van der Waals surface area contributed by atoms with Crippen molar-refractivity contribution >= 4 is 20.9 Å². The minimum atomic E-state index is -3.54. The SMILES string of the molecule is O=S(=O)(c1ccccc1)N1C=CC(c2c[nH]c3ccccc23)C=C1. The van der Waals surface area contributed by atoms with Crippen molar-refractivity contribution in [3.8, 4) is 0 Å². The lowest BCUT2D eigenvalue weighted by molar-refractivity contribution is 0.549. The quantitative estimate of drug-likeness (QED) is 0.786. The summed E-state index contributed by atoms with van der Waals surface area (Å²) in [6, 6.07) is 16.5. The summed E-state index contributed by atoms with van der Waals surface area (Å²) in [5, 5.41) is 1.15. The van der Waals surface area contributed by atoms with Gasteiger partial charge in [0.25, 0.3) is 10.0 Å². The Labute approximate surface area is 140 Å². The van der Waals surface area contributed by atoms with Gasteiger partial charge in [0.05, 0.1) is 4.90 Å². The molecular formula is C19H16N2O2S. The van der Waals surface area contributed by atoms with Crippen molar-refractivity contribution in [2.75, 3.05) is 0 Å². The highest BCUT2D eigenvalue weighted by Gasteiger charge is 2.22. The normalized spacial score (nSPS) is 15.2. The average molecular weight is 336 g/mol. The molecule has 0 radical (unpaired) electrons. The van der Waals surface area contributed by atoms with Crippen LogP contribution < -0.4 is 0 Å². The number of benzene rings is 2. The molecule has 1 aliphatic rings. The summed E-state index contributed by atoms with van der Waals surface area (Å²) in [6.45, 7) is 0. The number of hydrogen-bond acceptors (Lipinski definition) is 2. The number of hydrogen-bond donors (Lipinski definition) is 1. The first kappa shape index (κ1) is 14.8. The van der Waals surface area contributed by atoms with E-state index in [-0.39, 0.29) is 10.8 Å². The molecule has 0 fully saturated rings. The lowest BCUT2D eigenvalue weighted by atomic mass is 9.97. The number of aromatic amines is 1. The third-order valence-corrected chi connectivity index (χ3v) is 5.85. The average Bonchev–Trinajstić information content (AvgIpc) is 3.07. The molecule has 1 aliphatic heterocycles. The van der Waals surface area contributed by atoms with Crippen LogP contribution >= 0.6 is 0 Å². The number of fused-ring (bicyclic) bond motifs is 1. The zero-order valence-corrected chi connectivity index (χ0v) is 13.6. The van der Waals surface area contributed by atoms with Crippen LogP contribution in [0.4, 0.5) is 0 Å². The predicted molar refractivity (Wildman–Crippen MR) is 94.8 cm³/mol. The maximum Gasteiger partial charge on any atom is 0.267 e. The van der Waals surface area contributed by atoms with Crippen molar-refractivity contribution in [3.05, 3.63) is 90.9 Å². The minimum Gasteiger partial charge on any atom is -0.361 e. The molecule has 4 nitrogen and oxygen atoms in total. The predicted octanol–water partition coefficient (Wildman–Crippen LogP) is 3.98. The van der Waals surface area contributed by atoms with Gasteiger partial charge in [-0.25, -0.2) is 12.7 Å². The number of rotatable bonds is 3. The molecule has 24 heavy (non-hydrogen) atoms. The number of para-hydroxylation sites is 1. The monoisotopic (exact) mass is 336 g/mol. The number of nitrogens with one attached hydrogen (secondary N) is 1. The van der Waals surface area contributed by atoms with E-state index in [1.165, 1.54) is 4.31 Å².